The maximum Gasteiger partial charge on any atom is 0.223 e. The fraction of sp³-hybridized carbons (Fsp3) is 0.650. The largest absolute Gasteiger partial charge is 0.377 e. The van der Waals surface area contributed by atoms with Gasteiger partial charge in [0, 0.05) is 25.1 Å². The molecule has 3 N–H and O–H groups in total. The molecule has 1 amide bonds. The molecule has 0 saturated heterocycles. The Morgan fingerprint density at radius 2 is 2.04 bits per heavy atom. The third-order valence-corrected chi connectivity index (χ3v) is 4.78. The third-order valence-electron chi connectivity index (χ3n) is 4.78. The first-order valence-electron chi connectivity index (χ1n) is 9.39. The Bertz CT molecular complexity index is 478. The lowest BCUT2D eigenvalue weighted by atomic mass is 9.83. The van der Waals surface area contributed by atoms with Crippen LogP contribution in [0.5, 0.6) is 0 Å². The van der Waals surface area contributed by atoms with Crippen molar-refractivity contribution in [1.82, 2.24) is 5.32 Å². The number of carbonyl (C=O) groups is 1. The van der Waals surface area contributed by atoms with Crippen LogP contribution >= 0.6 is 0 Å². The highest BCUT2D eigenvalue weighted by atomic mass is 16.5. The summed E-state index contributed by atoms with van der Waals surface area (Å²) < 4.78 is 5.81. The van der Waals surface area contributed by atoms with Gasteiger partial charge in [-0.05, 0) is 50.5 Å². The number of unbranched alkanes of at least 4 members (excludes halogenated alkanes) is 1. The van der Waals surface area contributed by atoms with E-state index in [1.54, 1.807) is 0 Å². The van der Waals surface area contributed by atoms with Crippen molar-refractivity contribution in [2.24, 2.45) is 11.7 Å². The van der Waals surface area contributed by atoms with E-state index in [1.807, 2.05) is 6.07 Å². The molecule has 134 valence electrons. The van der Waals surface area contributed by atoms with E-state index >= 15 is 0 Å². The predicted octanol–water partition coefficient (Wildman–Crippen LogP) is 3.05. The van der Waals surface area contributed by atoms with Crippen molar-refractivity contribution in [2.75, 3.05) is 13.2 Å². The molecule has 0 aromatic heterocycles. The van der Waals surface area contributed by atoms with Gasteiger partial charge in [-0.1, -0.05) is 37.3 Å². The first-order valence-corrected chi connectivity index (χ1v) is 9.39. The lowest BCUT2D eigenvalue weighted by molar-refractivity contribution is -0.128. The van der Waals surface area contributed by atoms with E-state index in [0.717, 1.165) is 58.1 Å². The Kier molecular flexibility index (Phi) is 8.26. The Morgan fingerprint density at radius 3 is 2.79 bits per heavy atom. The Morgan fingerprint density at radius 1 is 1.25 bits per heavy atom. The number of aryl methyl sites for hydroxylation is 1. The van der Waals surface area contributed by atoms with Crippen molar-refractivity contribution in [2.45, 2.75) is 64.0 Å². The van der Waals surface area contributed by atoms with Gasteiger partial charge in [0.2, 0.25) is 5.91 Å². The molecular formula is C20H32N2O2. The quantitative estimate of drug-likeness (QED) is 0.683. The zero-order valence-electron chi connectivity index (χ0n) is 14.9. The molecule has 1 aliphatic rings. The van der Waals surface area contributed by atoms with E-state index in [-0.39, 0.29) is 24.0 Å². The highest BCUT2D eigenvalue weighted by molar-refractivity contribution is 5.78. The number of rotatable bonds is 9. The molecule has 0 heterocycles. The molecule has 1 saturated carbocycles. The predicted molar refractivity (Wildman–Crippen MR) is 97.7 cm³/mol. The van der Waals surface area contributed by atoms with Gasteiger partial charge in [-0.25, -0.2) is 0 Å². The van der Waals surface area contributed by atoms with Gasteiger partial charge in [0.15, 0.2) is 0 Å². The normalized spacial score (nSPS) is 23.8. The van der Waals surface area contributed by atoms with Crippen LogP contribution < -0.4 is 11.1 Å². The number of nitrogens with two attached hydrogens (primary N) is 1. The second-order valence-corrected chi connectivity index (χ2v) is 6.82. The van der Waals surface area contributed by atoms with Gasteiger partial charge in [-0.3, -0.25) is 4.79 Å². The van der Waals surface area contributed by atoms with Crippen LogP contribution in [0.25, 0.3) is 0 Å². The molecule has 1 fully saturated rings. The van der Waals surface area contributed by atoms with Crippen molar-refractivity contribution >= 4 is 5.91 Å². The number of amides is 1. The summed E-state index contributed by atoms with van der Waals surface area (Å²) in [6, 6.07) is 10.6. The minimum Gasteiger partial charge on any atom is -0.377 e. The smallest absolute Gasteiger partial charge is 0.223 e. The van der Waals surface area contributed by atoms with Crippen LogP contribution in [-0.4, -0.2) is 31.2 Å². The number of hydrogen-bond acceptors (Lipinski definition) is 3. The Balaban J connectivity index is 1.63. The van der Waals surface area contributed by atoms with Gasteiger partial charge in [0.05, 0.1) is 6.10 Å². The minimum atomic E-state index is 0.0348. The van der Waals surface area contributed by atoms with Gasteiger partial charge >= 0.3 is 0 Å². The maximum atomic E-state index is 12.3. The standard InChI is InChI=1S/C20H32N2O2/c1-2-14-24-19-15-17(11-12-18(19)21)20(23)22-13-7-6-10-16-8-4-3-5-9-16/h3-5,8-9,17-19H,2,6-7,10-15,21H2,1H3,(H,22,23)/t17-,18+,19+/m0/s1. The van der Waals surface area contributed by atoms with Gasteiger partial charge in [-0.15, -0.1) is 0 Å². The fourth-order valence-corrected chi connectivity index (χ4v) is 3.31. The summed E-state index contributed by atoms with van der Waals surface area (Å²) in [6.07, 6.45) is 6.72. The van der Waals surface area contributed by atoms with Crippen molar-refractivity contribution < 1.29 is 9.53 Å². The van der Waals surface area contributed by atoms with Gasteiger partial charge in [0.1, 0.15) is 0 Å². The van der Waals surface area contributed by atoms with Gasteiger partial charge in [-0.2, -0.15) is 0 Å². The second kappa shape index (κ2) is 10.5. The maximum absolute atomic E-state index is 12.3. The summed E-state index contributed by atoms with van der Waals surface area (Å²) in [7, 11) is 0. The summed E-state index contributed by atoms with van der Waals surface area (Å²) in [5.41, 5.74) is 7.48. The highest BCUT2D eigenvalue weighted by Crippen LogP contribution is 2.26. The van der Waals surface area contributed by atoms with Gasteiger partial charge < -0.3 is 15.8 Å². The first-order chi connectivity index (χ1) is 11.7. The Labute approximate surface area is 146 Å². The van der Waals surface area contributed by atoms with Crippen LogP contribution in [-0.2, 0) is 16.0 Å². The van der Waals surface area contributed by atoms with Crippen LogP contribution in [0.15, 0.2) is 30.3 Å². The average molecular weight is 332 g/mol. The van der Waals surface area contributed by atoms with Gasteiger partial charge in [0.25, 0.3) is 0 Å². The van der Waals surface area contributed by atoms with Crippen molar-refractivity contribution in [3.05, 3.63) is 35.9 Å². The number of ether oxygens (including phenoxy) is 1. The lowest BCUT2D eigenvalue weighted by Gasteiger charge is -2.33. The van der Waals surface area contributed by atoms with Crippen LogP contribution in [0.4, 0.5) is 0 Å². The molecule has 0 unspecified atom stereocenters. The van der Waals surface area contributed by atoms with Crippen LogP contribution in [0.3, 0.4) is 0 Å². The minimum absolute atomic E-state index is 0.0348. The van der Waals surface area contributed by atoms with Crippen molar-refractivity contribution in [3.8, 4) is 0 Å². The van der Waals surface area contributed by atoms with E-state index in [0.29, 0.717) is 0 Å². The molecule has 4 nitrogen and oxygen atoms in total. The van der Waals surface area contributed by atoms with Crippen molar-refractivity contribution in [1.29, 1.82) is 0 Å². The number of nitrogens with one attached hydrogen (secondary N) is 1. The molecule has 2 rings (SSSR count). The monoisotopic (exact) mass is 332 g/mol. The summed E-state index contributed by atoms with van der Waals surface area (Å²) in [4.78, 5) is 12.3. The molecule has 1 aromatic carbocycles. The molecule has 1 aliphatic carbocycles. The topological polar surface area (TPSA) is 64.3 Å². The average Bonchev–Trinajstić information content (AvgIpc) is 2.61. The molecule has 0 spiro atoms. The zero-order valence-corrected chi connectivity index (χ0v) is 14.9. The van der Waals surface area contributed by atoms with E-state index in [2.05, 4.69) is 36.5 Å². The molecule has 1 aromatic rings. The summed E-state index contributed by atoms with van der Waals surface area (Å²) >= 11 is 0. The SMILES string of the molecule is CCCO[C@@H]1C[C@@H](C(=O)NCCCCc2ccccc2)CC[C@H]1N. The molecular weight excluding hydrogens is 300 g/mol. The number of hydrogen-bond donors (Lipinski definition) is 2. The first kappa shape index (κ1) is 18.9. The third kappa shape index (κ3) is 6.25. The van der Waals surface area contributed by atoms with E-state index in [4.69, 9.17) is 10.5 Å². The lowest BCUT2D eigenvalue weighted by Crippen LogP contribution is -2.46. The molecule has 4 heteroatoms. The van der Waals surface area contributed by atoms with E-state index < -0.39 is 0 Å². The molecule has 0 aliphatic heterocycles. The summed E-state index contributed by atoms with van der Waals surface area (Å²) in [5, 5.41) is 3.09. The zero-order chi connectivity index (χ0) is 17.2. The number of carbonyl (C=O) groups excluding carboxylic acids is 1. The number of benzene rings is 1. The fourth-order valence-electron chi connectivity index (χ4n) is 3.31. The molecule has 0 radical (unpaired) electrons. The summed E-state index contributed by atoms with van der Waals surface area (Å²) in [5.74, 6) is 0.229. The van der Waals surface area contributed by atoms with E-state index in [1.165, 1.54) is 5.56 Å². The van der Waals surface area contributed by atoms with Crippen LogP contribution in [0.1, 0.15) is 51.0 Å². The van der Waals surface area contributed by atoms with E-state index in [9.17, 15) is 4.79 Å². The highest BCUT2D eigenvalue weighted by Gasteiger charge is 2.32. The van der Waals surface area contributed by atoms with Crippen molar-refractivity contribution in [3.63, 3.8) is 0 Å². The second-order valence-electron chi connectivity index (χ2n) is 6.82. The molecule has 0 bridgehead atoms. The van der Waals surface area contributed by atoms with Crippen LogP contribution in [0.2, 0.25) is 0 Å². The Hall–Kier alpha value is -1.39. The molecule has 3 atom stereocenters. The molecule has 24 heavy (non-hydrogen) atoms. The summed E-state index contributed by atoms with van der Waals surface area (Å²) in [6.45, 7) is 3.58. The van der Waals surface area contributed by atoms with Crippen LogP contribution in [0, 0.1) is 5.92 Å².